The Morgan fingerprint density at radius 2 is 1.70 bits per heavy atom. The highest BCUT2D eigenvalue weighted by Crippen LogP contribution is 2.29. The molecule has 0 saturated carbocycles. The van der Waals surface area contributed by atoms with E-state index in [2.05, 4.69) is 0 Å². The fourth-order valence-corrected chi connectivity index (χ4v) is 3.39. The normalized spacial score (nSPS) is 10.7. The molecule has 0 unspecified atom stereocenters. The Balaban J connectivity index is 1.58. The molecule has 0 N–H and O–H groups in total. The Morgan fingerprint density at radius 3 is 2.40 bits per heavy atom. The highest BCUT2D eigenvalue weighted by molar-refractivity contribution is 5.89. The zero-order chi connectivity index (χ0) is 21.1. The van der Waals surface area contributed by atoms with Gasteiger partial charge in [-0.1, -0.05) is 42.5 Å². The lowest BCUT2D eigenvalue weighted by Gasteiger charge is -2.10. The Hall–Kier alpha value is -3.86. The third kappa shape index (κ3) is 3.82. The fourth-order valence-electron chi connectivity index (χ4n) is 3.39. The maximum Gasteiger partial charge on any atom is 0.344 e. The number of rotatable bonds is 5. The smallest absolute Gasteiger partial charge is 0.344 e. The Kier molecular flexibility index (Phi) is 5.35. The molecular weight excluding hydrogens is 380 g/mol. The fraction of sp³-hybridized carbons (Fsp3) is 0.120. The first-order chi connectivity index (χ1) is 14.6. The molecule has 0 aliphatic carbocycles. The number of carbonyl (C=O) groups excluding carboxylic acids is 1. The lowest BCUT2D eigenvalue weighted by molar-refractivity contribution is 0.0600. The zero-order valence-electron chi connectivity index (χ0n) is 16.7. The van der Waals surface area contributed by atoms with Gasteiger partial charge in [-0.15, -0.1) is 0 Å². The summed E-state index contributed by atoms with van der Waals surface area (Å²) in [5, 5.41) is 0.864. The first kappa shape index (κ1) is 19.5. The molecule has 1 heterocycles. The summed E-state index contributed by atoms with van der Waals surface area (Å²) >= 11 is 0. The summed E-state index contributed by atoms with van der Waals surface area (Å²) in [4.78, 5) is 24.1. The molecule has 0 amide bonds. The number of esters is 1. The largest absolute Gasteiger partial charge is 0.489 e. The number of fused-ring (bicyclic) bond motifs is 1. The van der Waals surface area contributed by atoms with E-state index in [1.54, 1.807) is 18.2 Å². The van der Waals surface area contributed by atoms with Crippen molar-refractivity contribution in [3.63, 3.8) is 0 Å². The number of hydrogen-bond acceptors (Lipinski definition) is 5. The molecule has 4 aromatic rings. The van der Waals surface area contributed by atoms with Crippen LogP contribution in [-0.2, 0) is 11.3 Å². The summed E-state index contributed by atoms with van der Waals surface area (Å²) in [6, 6.07) is 22.0. The van der Waals surface area contributed by atoms with E-state index in [0.717, 1.165) is 22.1 Å². The molecule has 1 aromatic heterocycles. The van der Waals surface area contributed by atoms with Crippen LogP contribution in [0.3, 0.4) is 0 Å². The van der Waals surface area contributed by atoms with E-state index < -0.39 is 0 Å². The van der Waals surface area contributed by atoms with Gasteiger partial charge in [-0.25, -0.2) is 9.59 Å². The van der Waals surface area contributed by atoms with Crippen LogP contribution in [0.1, 0.15) is 21.5 Å². The molecule has 3 aromatic carbocycles. The molecule has 5 nitrogen and oxygen atoms in total. The van der Waals surface area contributed by atoms with Crippen molar-refractivity contribution in [2.45, 2.75) is 13.5 Å². The molecule has 0 fully saturated rings. The number of methoxy groups -OCH3 is 1. The minimum atomic E-state index is -0.378. The van der Waals surface area contributed by atoms with Gasteiger partial charge in [0.1, 0.15) is 17.9 Å². The number of hydrogen-bond donors (Lipinski definition) is 0. The zero-order valence-corrected chi connectivity index (χ0v) is 16.7. The van der Waals surface area contributed by atoms with E-state index in [-0.39, 0.29) is 11.6 Å². The average Bonchev–Trinajstić information content (AvgIpc) is 2.78. The Morgan fingerprint density at radius 1 is 0.967 bits per heavy atom. The third-order valence-electron chi connectivity index (χ3n) is 4.98. The van der Waals surface area contributed by atoms with Crippen molar-refractivity contribution < 1.29 is 18.7 Å². The molecule has 0 radical (unpaired) electrons. The van der Waals surface area contributed by atoms with Gasteiger partial charge in [0.15, 0.2) is 0 Å². The predicted octanol–water partition coefficient (Wildman–Crippen LogP) is 5.13. The number of benzene rings is 3. The molecular formula is C25H20O5. The van der Waals surface area contributed by atoms with Crippen molar-refractivity contribution in [1.29, 1.82) is 0 Å². The number of ether oxygens (including phenoxy) is 2. The van der Waals surface area contributed by atoms with Crippen molar-refractivity contribution in [2.75, 3.05) is 7.11 Å². The second-order valence-electron chi connectivity index (χ2n) is 6.89. The van der Waals surface area contributed by atoms with Gasteiger partial charge in [-0.2, -0.15) is 0 Å². The molecule has 0 atom stereocenters. The molecule has 30 heavy (non-hydrogen) atoms. The first-order valence-electron chi connectivity index (χ1n) is 9.50. The van der Waals surface area contributed by atoms with E-state index in [9.17, 15) is 9.59 Å². The highest BCUT2D eigenvalue weighted by Gasteiger charge is 2.14. The molecule has 0 bridgehead atoms. The standard InChI is InChI=1S/C25H20O5/c1-16-21-13-12-20(29-15-17-8-10-19(11-9-17)24(26)28-2)14-22(21)30-25(27)23(16)18-6-4-3-5-7-18/h3-14H,15H2,1-2H3. The van der Waals surface area contributed by atoms with Crippen LogP contribution in [0.4, 0.5) is 0 Å². The minimum Gasteiger partial charge on any atom is -0.489 e. The highest BCUT2D eigenvalue weighted by atomic mass is 16.5. The maximum absolute atomic E-state index is 12.6. The molecule has 150 valence electrons. The molecule has 0 aliphatic heterocycles. The van der Waals surface area contributed by atoms with E-state index in [1.807, 2.05) is 61.5 Å². The topological polar surface area (TPSA) is 65.7 Å². The third-order valence-corrected chi connectivity index (χ3v) is 4.98. The Bertz CT molecular complexity index is 1250. The van der Waals surface area contributed by atoms with E-state index >= 15 is 0 Å². The van der Waals surface area contributed by atoms with Crippen LogP contribution in [0, 0.1) is 6.92 Å². The van der Waals surface area contributed by atoms with Crippen LogP contribution in [0.2, 0.25) is 0 Å². The van der Waals surface area contributed by atoms with Gasteiger partial charge in [0.05, 0.1) is 18.2 Å². The molecule has 5 heteroatoms. The van der Waals surface area contributed by atoms with Crippen molar-refractivity contribution in [3.8, 4) is 16.9 Å². The molecule has 0 saturated heterocycles. The lowest BCUT2D eigenvalue weighted by Crippen LogP contribution is -2.06. The van der Waals surface area contributed by atoms with Crippen molar-refractivity contribution >= 4 is 16.9 Å². The summed E-state index contributed by atoms with van der Waals surface area (Å²) in [6.07, 6.45) is 0. The number of aryl methyl sites for hydroxylation is 1. The SMILES string of the molecule is COC(=O)c1ccc(COc2ccc3c(C)c(-c4ccccc4)c(=O)oc3c2)cc1. The van der Waals surface area contributed by atoms with Gasteiger partial charge in [0.25, 0.3) is 0 Å². The first-order valence-corrected chi connectivity index (χ1v) is 9.50. The van der Waals surface area contributed by atoms with Crippen LogP contribution < -0.4 is 10.4 Å². The predicted molar refractivity (Wildman–Crippen MR) is 115 cm³/mol. The number of carbonyl (C=O) groups is 1. The summed E-state index contributed by atoms with van der Waals surface area (Å²) in [7, 11) is 1.35. The van der Waals surface area contributed by atoms with Gasteiger partial charge in [0.2, 0.25) is 0 Å². The summed E-state index contributed by atoms with van der Waals surface area (Å²) < 4.78 is 16.1. The summed E-state index contributed by atoms with van der Waals surface area (Å²) in [6.45, 7) is 2.24. The Labute approximate surface area is 173 Å². The van der Waals surface area contributed by atoms with Crippen LogP contribution >= 0.6 is 0 Å². The van der Waals surface area contributed by atoms with Crippen molar-refractivity contribution in [3.05, 3.63) is 99.9 Å². The second-order valence-corrected chi connectivity index (χ2v) is 6.89. The van der Waals surface area contributed by atoms with E-state index in [4.69, 9.17) is 13.9 Å². The van der Waals surface area contributed by atoms with Crippen molar-refractivity contribution in [1.82, 2.24) is 0 Å². The van der Waals surface area contributed by atoms with Crippen LogP contribution in [0.5, 0.6) is 5.75 Å². The molecule has 0 spiro atoms. The summed E-state index contributed by atoms with van der Waals surface area (Å²) in [5.41, 5.74) is 3.77. The average molecular weight is 400 g/mol. The van der Waals surface area contributed by atoms with Gasteiger partial charge < -0.3 is 13.9 Å². The molecule has 4 rings (SSSR count). The van der Waals surface area contributed by atoms with Crippen LogP contribution in [0.15, 0.2) is 82.0 Å². The quantitative estimate of drug-likeness (QED) is 0.343. The van der Waals surface area contributed by atoms with Gasteiger partial charge in [0, 0.05) is 11.5 Å². The van der Waals surface area contributed by atoms with E-state index in [1.165, 1.54) is 7.11 Å². The van der Waals surface area contributed by atoms with E-state index in [0.29, 0.717) is 29.1 Å². The lowest BCUT2D eigenvalue weighted by atomic mass is 10.00. The van der Waals surface area contributed by atoms with Gasteiger partial charge >= 0.3 is 11.6 Å². The van der Waals surface area contributed by atoms with Crippen LogP contribution in [-0.4, -0.2) is 13.1 Å². The summed E-state index contributed by atoms with van der Waals surface area (Å²) in [5.74, 6) is 0.215. The van der Waals surface area contributed by atoms with Crippen LogP contribution in [0.25, 0.3) is 22.1 Å². The van der Waals surface area contributed by atoms with Crippen molar-refractivity contribution in [2.24, 2.45) is 0 Å². The minimum absolute atomic E-state index is 0.318. The monoisotopic (exact) mass is 400 g/mol. The second kappa shape index (κ2) is 8.25. The maximum atomic E-state index is 12.6. The molecule has 0 aliphatic rings. The van der Waals surface area contributed by atoms with Gasteiger partial charge in [-0.3, -0.25) is 0 Å². The van der Waals surface area contributed by atoms with Gasteiger partial charge in [-0.05, 0) is 47.9 Å².